The highest BCUT2D eigenvalue weighted by Gasteiger charge is 2.36. The highest BCUT2D eigenvalue weighted by atomic mass is 79.9. The van der Waals surface area contributed by atoms with E-state index in [9.17, 15) is 14.4 Å². The number of hydrogen-bond donors (Lipinski definition) is 1. The van der Waals surface area contributed by atoms with Gasteiger partial charge in [-0.3, -0.25) is 19.3 Å². The van der Waals surface area contributed by atoms with Crippen LogP contribution in [0.25, 0.3) is 6.08 Å². The smallest absolute Gasteiger partial charge is 0.294 e. The van der Waals surface area contributed by atoms with Crippen molar-refractivity contribution >= 4 is 91.3 Å². The fourth-order valence-corrected chi connectivity index (χ4v) is 5.69. The number of methoxy groups -OCH3 is 1. The Bertz CT molecular complexity index is 1430. The Kier molecular flexibility index (Phi) is 9.27. The normalized spacial score (nSPS) is 14.2. The Labute approximate surface area is 246 Å². The van der Waals surface area contributed by atoms with Crippen molar-refractivity contribution in [3.05, 3.63) is 90.2 Å². The van der Waals surface area contributed by atoms with Gasteiger partial charge in [0.05, 0.1) is 21.5 Å². The predicted molar refractivity (Wildman–Crippen MR) is 154 cm³/mol. The lowest BCUT2D eigenvalue weighted by Crippen LogP contribution is -2.36. The monoisotopic (exact) mass is 654 g/mol. The molecule has 1 fully saturated rings. The number of halogens is 4. The molecule has 0 radical (unpaired) electrons. The van der Waals surface area contributed by atoms with Crippen LogP contribution in [0, 0.1) is 0 Å². The summed E-state index contributed by atoms with van der Waals surface area (Å²) in [4.78, 5) is 38.8. The van der Waals surface area contributed by atoms with Gasteiger partial charge in [-0.05, 0) is 87.9 Å². The van der Waals surface area contributed by atoms with Crippen LogP contribution in [0.15, 0.2) is 64.0 Å². The summed E-state index contributed by atoms with van der Waals surface area (Å²) in [5.74, 6) is -0.0591. The summed E-state index contributed by atoms with van der Waals surface area (Å²) in [6, 6.07) is 15.1. The van der Waals surface area contributed by atoms with Crippen LogP contribution >= 0.6 is 62.5 Å². The molecule has 1 heterocycles. The SMILES string of the molecule is COc1ccc(NC(=O)CN2C(=O)S/C(=C/c3cc(Cl)c(OCc4ccc(Cl)cc4Cl)c(Br)c3)C2=O)cc1. The molecule has 0 bridgehead atoms. The van der Waals surface area contributed by atoms with Gasteiger partial charge in [0.15, 0.2) is 5.75 Å². The first-order valence-corrected chi connectivity index (χ1v) is 13.6. The molecule has 0 saturated carbocycles. The lowest BCUT2D eigenvalue weighted by atomic mass is 10.2. The fourth-order valence-electron chi connectivity index (χ4n) is 3.40. The van der Waals surface area contributed by atoms with Gasteiger partial charge in [0.25, 0.3) is 11.1 Å². The van der Waals surface area contributed by atoms with E-state index in [1.807, 2.05) is 0 Å². The molecule has 0 aromatic heterocycles. The third-order valence-corrected chi connectivity index (χ3v) is 7.62. The number of hydrogen-bond acceptors (Lipinski definition) is 6. The van der Waals surface area contributed by atoms with Crippen LogP contribution in [0.5, 0.6) is 11.5 Å². The van der Waals surface area contributed by atoms with Crippen molar-refractivity contribution in [3.8, 4) is 11.5 Å². The molecule has 1 N–H and O–H groups in total. The number of imide groups is 1. The molecule has 3 amide bonds. The maximum atomic E-state index is 12.9. The lowest BCUT2D eigenvalue weighted by Gasteiger charge is -2.13. The molecule has 7 nitrogen and oxygen atoms in total. The van der Waals surface area contributed by atoms with E-state index < -0.39 is 23.6 Å². The summed E-state index contributed by atoms with van der Waals surface area (Å²) in [5, 5.41) is 3.38. The van der Waals surface area contributed by atoms with Crippen molar-refractivity contribution in [3.63, 3.8) is 0 Å². The Morgan fingerprint density at radius 2 is 1.79 bits per heavy atom. The molecule has 196 valence electrons. The second-order valence-corrected chi connectivity index (χ2v) is 11.0. The third kappa shape index (κ3) is 6.84. The van der Waals surface area contributed by atoms with E-state index in [1.165, 1.54) is 13.2 Å². The second-order valence-electron chi connectivity index (χ2n) is 7.88. The fraction of sp³-hybridized carbons (Fsp3) is 0.115. The molecule has 0 spiro atoms. The lowest BCUT2D eigenvalue weighted by molar-refractivity contribution is -0.127. The number of nitrogens with one attached hydrogen (secondary N) is 1. The van der Waals surface area contributed by atoms with Crippen LogP contribution in [0.1, 0.15) is 11.1 Å². The summed E-state index contributed by atoms with van der Waals surface area (Å²) in [5.41, 5.74) is 1.80. The van der Waals surface area contributed by atoms with E-state index in [4.69, 9.17) is 44.3 Å². The molecular formula is C26H18BrCl3N2O5S. The van der Waals surface area contributed by atoms with E-state index in [-0.39, 0.29) is 16.5 Å². The molecule has 3 aromatic carbocycles. The zero-order valence-corrected chi connectivity index (χ0v) is 24.3. The van der Waals surface area contributed by atoms with Gasteiger partial charge in [-0.1, -0.05) is 40.9 Å². The van der Waals surface area contributed by atoms with Gasteiger partial charge >= 0.3 is 0 Å². The minimum atomic E-state index is -0.574. The largest absolute Gasteiger partial charge is 0.497 e. The molecule has 1 saturated heterocycles. The molecule has 0 unspecified atom stereocenters. The van der Waals surface area contributed by atoms with Gasteiger partial charge in [-0.25, -0.2) is 0 Å². The van der Waals surface area contributed by atoms with E-state index in [0.29, 0.717) is 37.3 Å². The van der Waals surface area contributed by atoms with Crippen LogP contribution in [0.2, 0.25) is 15.1 Å². The van der Waals surface area contributed by atoms with Gasteiger partial charge in [-0.2, -0.15) is 0 Å². The molecule has 4 rings (SSSR count). The summed E-state index contributed by atoms with van der Waals surface area (Å²) >= 11 is 22.8. The molecular weight excluding hydrogens is 639 g/mol. The first-order chi connectivity index (χ1) is 18.1. The van der Waals surface area contributed by atoms with Crippen molar-refractivity contribution in [1.29, 1.82) is 0 Å². The zero-order valence-electron chi connectivity index (χ0n) is 19.6. The Morgan fingerprint density at radius 1 is 1.05 bits per heavy atom. The van der Waals surface area contributed by atoms with Gasteiger partial charge in [0.2, 0.25) is 5.91 Å². The number of benzene rings is 3. The van der Waals surface area contributed by atoms with Crippen LogP contribution in [-0.2, 0) is 16.2 Å². The highest BCUT2D eigenvalue weighted by molar-refractivity contribution is 9.10. The quantitative estimate of drug-likeness (QED) is 0.251. The summed E-state index contributed by atoms with van der Waals surface area (Å²) < 4.78 is 11.5. The van der Waals surface area contributed by atoms with Crippen LogP contribution in [0.4, 0.5) is 10.5 Å². The van der Waals surface area contributed by atoms with Crippen molar-refractivity contribution in [1.82, 2.24) is 4.90 Å². The van der Waals surface area contributed by atoms with Gasteiger partial charge in [0.1, 0.15) is 18.9 Å². The number of thioether (sulfide) groups is 1. The number of ether oxygens (including phenoxy) is 2. The Hall–Kier alpha value is -2.69. The van der Waals surface area contributed by atoms with E-state index in [2.05, 4.69) is 21.2 Å². The Balaban J connectivity index is 1.43. The molecule has 1 aliphatic rings. The predicted octanol–water partition coefficient (Wildman–Crippen LogP) is 7.67. The molecule has 0 atom stereocenters. The van der Waals surface area contributed by atoms with E-state index >= 15 is 0 Å². The van der Waals surface area contributed by atoms with Crippen LogP contribution in [0.3, 0.4) is 0 Å². The number of carbonyl (C=O) groups excluding carboxylic acids is 3. The van der Waals surface area contributed by atoms with Gasteiger partial charge in [0, 0.05) is 21.3 Å². The molecule has 0 aliphatic carbocycles. The maximum absolute atomic E-state index is 12.9. The van der Waals surface area contributed by atoms with Crippen molar-refractivity contribution in [2.24, 2.45) is 0 Å². The zero-order chi connectivity index (χ0) is 27.4. The molecule has 1 aliphatic heterocycles. The summed E-state index contributed by atoms with van der Waals surface area (Å²) in [7, 11) is 1.54. The highest BCUT2D eigenvalue weighted by Crippen LogP contribution is 2.38. The van der Waals surface area contributed by atoms with Crippen LogP contribution < -0.4 is 14.8 Å². The molecule has 38 heavy (non-hydrogen) atoms. The van der Waals surface area contributed by atoms with E-state index in [1.54, 1.807) is 54.6 Å². The summed E-state index contributed by atoms with van der Waals surface area (Å²) in [6.45, 7) is -0.260. The third-order valence-electron chi connectivity index (χ3n) is 5.25. The van der Waals surface area contributed by atoms with Crippen LogP contribution in [-0.4, -0.2) is 35.6 Å². The standard InChI is InChI=1S/C26H18BrCl3N2O5S/c1-36-18-6-4-17(5-7-18)31-23(33)12-32-25(34)22(38-26(32)35)10-14-8-19(27)24(21(30)9-14)37-13-15-2-3-16(28)11-20(15)29/h2-11H,12-13H2,1H3,(H,31,33)/b22-10+. The topological polar surface area (TPSA) is 84.9 Å². The number of carbonyl (C=O) groups is 3. The minimum absolute atomic E-state index is 0.158. The average Bonchev–Trinajstić information content (AvgIpc) is 3.12. The van der Waals surface area contributed by atoms with Crippen molar-refractivity contribution in [2.75, 3.05) is 19.0 Å². The summed E-state index contributed by atoms with van der Waals surface area (Å²) in [6.07, 6.45) is 1.53. The number of anilines is 1. The first kappa shape index (κ1) is 28.3. The second kappa shape index (κ2) is 12.4. The van der Waals surface area contributed by atoms with Crippen molar-refractivity contribution in [2.45, 2.75) is 6.61 Å². The molecule has 12 heteroatoms. The Morgan fingerprint density at radius 3 is 2.45 bits per heavy atom. The van der Waals surface area contributed by atoms with Gasteiger partial charge in [-0.15, -0.1) is 0 Å². The number of nitrogens with zero attached hydrogens (tertiary/aromatic N) is 1. The van der Waals surface area contributed by atoms with Crippen molar-refractivity contribution < 1.29 is 23.9 Å². The minimum Gasteiger partial charge on any atom is -0.497 e. The van der Waals surface area contributed by atoms with Gasteiger partial charge < -0.3 is 14.8 Å². The number of amides is 3. The average molecular weight is 657 g/mol. The molecule has 3 aromatic rings. The maximum Gasteiger partial charge on any atom is 0.294 e. The number of rotatable bonds is 8. The van der Waals surface area contributed by atoms with E-state index in [0.717, 1.165) is 22.2 Å². The first-order valence-electron chi connectivity index (χ1n) is 10.9.